The normalized spacial score (nSPS) is 35.1. The Balaban J connectivity index is 1.16. The minimum atomic E-state index is -0.995. The number of hydrogen-bond donors (Lipinski definition) is 1. The predicted octanol–water partition coefficient (Wildman–Crippen LogP) is 6.74. The van der Waals surface area contributed by atoms with Gasteiger partial charge in [0.2, 0.25) is 0 Å². The van der Waals surface area contributed by atoms with Crippen LogP contribution in [0.25, 0.3) is 0 Å². The lowest BCUT2D eigenvalue weighted by Crippen LogP contribution is -2.57. The molecule has 12 nitrogen and oxygen atoms in total. The van der Waals surface area contributed by atoms with Crippen LogP contribution in [0.3, 0.4) is 0 Å². The second kappa shape index (κ2) is 19.7. The number of aliphatic hydroxyl groups excluding tert-OH is 1. The van der Waals surface area contributed by atoms with Crippen LogP contribution in [-0.2, 0) is 37.9 Å². The van der Waals surface area contributed by atoms with Crippen molar-refractivity contribution >= 4 is 17.9 Å². The highest BCUT2D eigenvalue weighted by molar-refractivity contribution is 5.90. The number of benzene rings is 3. The summed E-state index contributed by atoms with van der Waals surface area (Å²) in [5.41, 5.74) is 1.29. The van der Waals surface area contributed by atoms with Crippen molar-refractivity contribution < 1.29 is 57.4 Å². The SMILES string of the molecule is CC1OC(COC2OC(COC3OC(CO)C(C)C(C)C3OC(=O)c3ccccc3)C(C)C(C)C2OC(=O)c2ccccc2)C(C)C(C)C1OC(=O)c1ccccc1. The van der Waals surface area contributed by atoms with E-state index in [1.807, 2.05) is 66.7 Å². The quantitative estimate of drug-likeness (QED) is 0.144. The summed E-state index contributed by atoms with van der Waals surface area (Å²) in [4.78, 5) is 39.6. The fourth-order valence-corrected chi connectivity index (χ4v) is 8.13. The number of esters is 3. The van der Waals surface area contributed by atoms with E-state index in [0.717, 1.165) is 0 Å². The smallest absolute Gasteiger partial charge is 0.338 e. The second-order valence-electron chi connectivity index (χ2n) is 16.2. The molecular weight excluding hydrogens is 744 g/mol. The average molecular weight is 803 g/mol. The van der Waals surface area contributed by atoms with Crippen LogP contribution in [0.4, 0.5) is 0 Å². The summed E-state index contributed by atoms with van der Waals surface area (Å²) in [6, 6.07) is 26.4. The summed E-state index contributed by atoms with van der Waals surface area (Å²) < 4.78 is 50.4. The molecule has 15 atom stereocenters. The largest absolute Gasteiger partial charge is 0.456 e. The minimum Gasteiger partial charge on any atom is -0.456 e. The van der Waals surface area contributed by atoms with Crippen LogP contribution in [0.15, 0.2) is 91.0 Å². The lowest BCUT2D eigenvalue weighted by atomic mass is 9.81. The van der Waals surface area contributed by atoms with Crippen LogP contribution in [-0.4, -0.2) is 98.1 Å². The average Bonchev–Trinajstić information content (AvgIpc) is 3.25. The highest BCUT2D eigenvalue weighted by Crippen LogP contribution is 2.38. The van der Waals surface area contributed by atoms with Crippen molar-refractivity contribution in [3.8, 4) is 0 Å². The monoisotopic (exact) mass is 802 g/mol. The maximum absolute atomic E-state index is 13.4. The third-order valence-electron chi connectivity index (χ3n) is 12.6. The van der Waals surface area contributed by atoms with Crippen LogP contribution < -0.4 is 0 Å². The maximum atomic E-state index is 13.4. The molecular formula is C46H58O12. The van der Waals surface area contributed by atoms with E-state index in [2.05, 4.69) is 0 Å². The molecule has 15 unspecified atom stereocenters. The van der Waals surface area contributed by atoms with E-state index < -0.39 is 67.1 Å². The minimum absolute atomic E-state index is 0.0346. The Hall–Kier alpha value is -4.17. The Morgan fingerprint density at radius 2 is 0.793 bits per heavy atom. The molecule has 0 spiro atoms. The van der Waals surface area contributed by atoms with Crippen molar-refractivity contribution in [1.29, 1.82) is 0 Å². The lowest BCUT2D eigenvalue weighted by molar-refractivity contribution is -0.312. The van der Waals surface area contributed by atoms with Gasteiger partial charge in [0.25, 0.3) is 0 Å². The maximum Gasteiger partial charge on any atom is 0.338 e. The summed E-state index contributed by atoms with van der Waals surface area (Å²) in [5, 5.41) is 10.2. The number of aliphatic hydroxyl groups is 1. The van der Waals surface area contributed by atoms with Crippen molar-refractivity contribution in [2.24, 2.45) is 35.5 Å². The van der Waals surface area contributed by atoms with Gasteiger partial charge in [0.05, 0.1) is 60.9 Å². The van der Waals surface area contributed by atoms with Gasteiger partial charge in [-0.15, -0.1) is 0 Å². The van der Waals surface area contributed by atoms with Gasteiger partial charge >= 0.3 is 17.9 Å². The van der Waals surface area contributed by atoms with Crippen LogP contribution in [0.5, 0.6) is 0 Å². The van der Waals surface area contributed by atoms with Gasteiger partial charge in [-0.3, -0.25) is 0 Å². The molecule has 0 saturated carbocycles. The fraction of sp³-hybridized carbons (Fsp3) is 0.543. The van der Waals surface area contributed by atoms with E-state index in [9.17, 15) is 19.5 Å². The fourth-order valence-electron chi connectivity index (χ4n) is 8.13. The Morgan fingerprint density at radius 1 is 0.466 bits per heavy atom. The summed E-state index contributed by atoms with van der Waals surface area (Å²) in [7, 11) is 0. The molecule has 3 aliphatic rings. The van der Waals surface area contributed by atoms with Crippen molar-refractivity contribution in [1.82, 2.24) is 0 Å². The van der Waals surface area contributed by atoms with Gasteiger partial charge in [-0.25, -0.2) is 14.4 Å². The molecule has 0 radical (unpaired) electrons. The zero-order valence-electron chi connectivity index (χ0n) is 34.4. The third-order valence-corrected chi connectivity index (χ3v) is 12.6. The number of rotatable bonds is 13. The van der Waals surface area contributed by atoms with Gasteiger partial charge in [-0.05, 0) is 61.1 Å². The first-order valence-corrected chi connectivity index (χ1v) is 20.5. The standard InChI is InChI=1S/C46H58O12/c1-26-30(5)40(57-43(49)34-19-13-9-14-20-34)45(54-36(26)23-47)52-25-38-28(3)31(6)41(58-44(50)35-21-15-10-16-22-35)46(55-38)51-24-37-27(2)29(4)39(32(7)53-37)56-42(48)33-17-11-8-12-18-33/h8-22,26-32,36-41,45-47H,23-25H2,1-7H3. The van der Waals surface area contributed by atoms with Gasteiger partial charge < -0.3 is 43.0 Å². The molecule has 0 aliphatic carbocycles. The van der Waals surface area contributed by atoms with Crippen LogP contribution >= 0.6 is 0 Å². The first kappa shape index (κ1) is 43.4. The predicted molar refractivity (Wildman–Crippen MR) is 213 cm³/mol. The van der Waals surface area contributed by atoms with Crippen LogP contribution in [0.1, 0.15) is 79.5 Å². The van der Waals surface area contributed by atoms with Crippen LogP contribution in [0.2, 0.25) is 0 Å². The van der Waals surface area contributed by atoms with Gasteiger partial charge in [0, 0.05) is 17.8 Å². The van der Waals surface area contributed by atoms with Crippen LogP contribution in [0, 0.1) is 35.5 Å². The number of carbonyl (C=O) groups excluding carboxylic acids is 3. The van der Waals surface area contributed by atoms with E-state index in [1.165, 1.54) is 0 Å². The van der Waals surface area contributed by atoms with Gasteiger partial charge in [0.1, 0.15) is 6.10 Å². The highest BCUT2D eigenvalue weighted by atomic mass is 16.7. The van der Waals surface area contributed by atoms with E-state index in [4.69, 9.17) is 37.9 Å². The van der Waals surface area contributed by atoms with Crippen molar-refractivity contribution in [2.75, 3.05) is 19.8 Å². The zero-order chi connectivity index (χ0) is 41.5. The second-order valence-corrected chi connectivity index (χ2v) is 16.2. The van der Waals surface area contributed by atoms with E-state index >= 15 is 0 Å². The summed E-state index contributed by atoms with van der Waals surface area (Å²) in [5.74, 6) is -2.28. The number of ether oxygens (including phenoxy) is 8. The molecule has 12 heteroatoms. The van der Waals surface area contributed by atoms with E-state index in [1.54, 1.807) is 72.8 Å². The Labute approximate surface area is 341 Å². The van der Waals surface area contributed by atoms with Gasteiger partial charge in [0.15, 0.2) is 24.8 Å². The molecule has 3 fully saturated rings. The van der Waals surface area contributed by atoms with Gasteiger partial charge in [-0.2, -0.15) is 0 Å². The summed E-state index contributed by atoms with van der Waals surface area (Å²) in [6.07, 6.45) is -5.88. The molecule has 1 N–H and O–H groups in total. The van der Waals surface area contributed by atoms with Gasteiger partial charge in [-0.1, -0.05) is 96.1 Å². The molecule has 314 valence electrons. The molecule has 3 aromatic rings. The van der Waals surface area contributed by atoms with Crippen molar-refractivity contribution in [2.45, 2.75) is 104 Å². The molecule has 0 aromatic heterocycles. The first-order valence-electron chi connectivity index (χ1n) is 20.5. The highest BCUT2D eigenvalue weighted by Gasteiger charge is 2.49. The molecule has 58 heavy (non-hydrogen) atoms. The lowest BCUT2D eigenvalue weighted by Gasteiger charge is -2.47. The van der Waals surface area contributed by atoms with E-state index in [-0.39, 0.29) is 61.4 Å². The molecule has 6 rings (SSSR count). The number of carbonyl (C=O) groups is 3. The van der Waals surface area contributed by atoms with E-state index in [0.29, 0.717) is 16.7 Å². The molecule has 0 amide bonds. The zero-order valence-corrected chi connectivity index (χ0v) is 34.4. The molecule has 0 bridgehead atoms. The Kier molecular flexibility index (Phi) is 14.8. The first-order chi connectivity index (χ1) is 27.9. The molecule has 3 saturated heterocycles. The summed E-state index contributed by atoms with van der Waals surface area (Å²) >= 11 is 0. The molecule has 3 aliphatic heterocycles. The molecule has 3 heterocycles. The third kappa shape index (κ3) is 9.98. The number of hydrogen-bond acceptors (Lipinski definition) is 12. The summed E-state index contributed by atoms with van der Waals surface area (Å²) in [6.45, 7) is 13.8. The Bertz CT molecular complexity index is 1770. The topological polar surface area (TPSA) is 145 Å². The van der Waals surface area contributed by atoms with Crippen molar-refractivity contribution in [3.05, 3.63) is 108 Å². The molecule has 3 aromatic carbocycles. The Morgan fingerprint density at radius 3 is 1.19 bits per heavy atom. The van der Waals surface area contributed by atoms with Crippen molar-refractivity contribution in [3.63, 3.8) is 0 Å².